The molecule has 2 fully saturated rings. The monoisotopic (exact) mass is 325 g/mol. The van der Waals surface area contributed by atoms with Crippen molar-refractivity contribution in [1.82, 2.24) is 24.6 Å². The first-order valence-corrected chi connectivity index (χ1v) is 8.70. The number of nitrogens with zero attached hydrogens (tertiary/aromatic N) is 5. The first-order valence-electron chi connectivity index (χ1n) is 8.70. The van der Waals surface area contributed by atoms with E-state index in [0.717, 1.165) is 30.9 Å². The minimum absolute atomic E-state index is 0.0900. The molecule has 6 nitrogen and oxygen atoms in total. The maximum absolute atomic E-state index is 13.1. The summed E-state index contributed by atoms with van der Waals surface area (Å²) >= 11 is 0. The molecule has 0 radical (unpaired) electrons. The van der Waals surface area contributed by atoms with Crippen LogP contribution in [0.5, 0.6) is 0 Å². The first kappa shape index (κ1) is 15.3. The minimum atomic E-state index is 0.0900. The molecule has 2 aliphatic heterocycles. The number of pyridine rings is 1. The van der Waals surface area contributed by atoms with Crippen LogP contribution in [-0.4, -0.2) is 62.7 Å². The van der Waals surface area contributed by atoms with Gasteiger partial charge in [-0.1, -0.05) is 6.42 Å². The Balaban J connectivity index is 1.59. The van der Waals surface area contributed by atoms with E-state index in [0.29, 0.717) is 11.6 Å². The van der Waals surface area contributed by atoms with Gasteiger partial charge in [0.25, 0.3) is 5.91 Å². The van der Waals surface area contributed by atoms with Crippen LogP contribution in [0.4, 0.5) is 0 Å². The number of hydrogen-bond donors (Lipinski definition) is 0. The molecule has 6 heteroatoms. The molecular weight excluding hydrogens is 302 g/mol. The van der Waals surface area contributed by atoms with Crippen molar-refractivity contribution in [2.75, 3.05) is 26.2 Å². The van der Waals surface area contributed by atoms with Crippen molar-refractivity contribution in [2.24, 2.45) is 7.05 Å². The first-order chi connectivity index (χ1) is 11.7. The van der Waals surface area contributed by atoms with Crippen molar-refractivity contribution >= 4 is 5.91 Å². The van der Waals surface area contributed by atoms with E-state index in [-0.39, 0.29) is 5.91 Å². The fraction of sp³-hybridized carbons (Fsp3) is 0.500. The Bertz CT molecular complexity index is 726. The number of hydrogen-bond acceptors (Lipinski definition) is 4. The summed E-state index contributed by atoms with van der Waals surface area (Å²) in [6, 6.07) is 4.35. The summed E-state index contributed by atoms with van der Waals surface area (Å²) in [4.78, 5) is 21.8. The molecule has 0 bridgehead atoms. The van der Waals surface area contributed by atoms with Gasteiger partial charge in [-0.3, -0.25) is 19.4 Å². The van der Waals surface area contributed by atoms with Crippen molar-refractivity contribution in [2.45, 2.75) is 25.3 Å². The van der Waals surface area contributed by atoms with Crippen LogP contribution < -0.4 is 0 Å². The Morgan fingerprint density at radius 2 is 2.17 bits per heavy atom. The highest BCUT2D eigenvalue weighted by molar-refractivity contribution is 5.99. The molecule has 0 spiro atoms. The lowest BCUT2D eigenvalue weighted by Gasteiger charge is -2.44. The lowest BCUT2D eigenvalue weighted by Crippen LogP contribution is -2.56. The fourth-order valence-electron chi connectivity index (χ4n) is 3.87. The Hall–Kier alpha value is -2.21. The Morgan fingerprint density at radius 3 is 3.00 bits per heavy atom. The molecule has 0 unspecified atom stereocenters. The molecule has 0 aliphatic carbocycles. The number of fused-ring (bicyclic) bond motifs is 1. The molecule has 2 aromatic rings. The molecule has 24 heavy (non-hydrogen) atoms. The molecule has 2 aromatic heterocycles. The number of piperazine rings is 1. The second-order valence-electron chi connectivity index (χ2n) is 6.74. The van der Waals surface area contributed by atoms with Gasteiger partial charge in [0.2, 0.25) is 0 Å². The summed E-state index contributed by atoms with van der Waals surface area (Å²) in [5, 5.41) is 4.50. The van der Waals surface area contributed by atoms with Crippen LogP contribution in [-0.2, 0) is 7.05 Å². The SMILES string of the molecule is Cn1cc(C(=O)N2CCN3CCCC[C@@H]3C2)c(-c2cccnc2)n1. The Labute approximate surface area is 142 Å². The zero-order valence-electron chi connectivity index (χ0n) is 14.1. The second kappa shape index (κ2) is 6.36. The lowest BCUT2D eigenvalue weighted by molar-refractivity contribution is 0.0373. The maximum atomic E-state index is 13.1. The summed E-state index contributed by atoms with van der Waals surface area (Å²) < 4.78 is 1.71. The summed E-state index contributed by atoms with van der Waals surface area (Å²) in [7, 11) is 1.86. The standard InChI is InChI=1S/C18H23N5O/c1-21-13-16(17(20-21)14-5-4-7-19-11-14)18(24)23-10-9-22-8-3-2-6-15(22)12-23/h4-5,7,11,13,15H,2-3,6,8-10,12H2,1H3/t15-/m1/s1. The van der Waals surface area contributed by atoms with Gasteiger partial charge in [0, 0.05) is 56.9 Å². The van der Waals surface area contributed by atoms with Crippen LogP contribution in [0, 0.1) is 0 Å². The Kier molecular flexibility index (Phi) is 4.06. The zero-order chi connectivity index (χ0) is 16.5. The summed E-state index contributed by atoms with van der Waals surface area (Å²) in [6.07, 6.45) is 9.09. The number of aromatic nitrogens is 3. The summed E-state index contributed by atoms with van der Waals surface area (Å²) in [6.45, 7) is 3.80. The molecule has 126 valence electrons. The number of rotatable bonds is 2. The normalized spacial score (nSPS) is 21.5. The van der Waals surface area contributed by atoms with Crippen molar-refractivity contribution in [3.63, 3.8) is 0 Å². The predicted octanol–water partition coefficient (Wildman–Crippen LogP) is 1.79. The van der Waals surface area contributed by atoms with Gasteiger partial charge in [-0.25, -0.2) is 0 Å². The third-order valence-electron chi connectivity index (χ3n) is 5.12. The van der Waals surface area contributed by atoms with Gasteiger partial charge in [0.05, 0.1) is 5.56 Å². The van der Waals surface area contributed by atoms with Gasteiger partial charge in [0.15, 0.2) is 0 Å². The van der Waals surface area contributed by atoms with E-state index >= 15 is 0 Å². The third-order valence-corrected chi connectivity index (χ3v) is 5.12. The van der Waals surface area contributed by atoms with Crippen molar-refractivity contribution in [3.05, 3.63) is 36.3 Å². The molecule has 0 aromatic carbocycles. The average Bonchev–Trinajstić information content (AvgIpc) is 3.03. The van der Waals surface area contributed by atoms with E-state index in [1.54, 1.807) is 17.1 Å². The van der Waals surface area contributed by atoms with E-state index in [1.807, 2.05) is 30.3 Å². The molecule has 2 aliphatic rings. The van der Waals surface area contributed by atoms with Crippen LogP contribution in [0.1, 0.15) is 29.6 Å². The smallest absolute Gasteiger partial charge is 0.257 e. The van der Waals surface area contributed by atoms with Gasteiger partial charge in [-0.05, 0) is 31.5 Å². The number of aryl methyl sites for hydroxylation is 1. The van der Waals surface area contributed by atoms with Crippen LogP contribution in [0.15, 0.2) is 30.7 Å². The van der Waals surface area contributed by atoms with Crippen LogP contribution >= 0.6 is 0 Å². The topological polar surface area (TPSA) is 54.3 Å². The van der Waals surface area contributed by atoms with E-state index in [9.17, 15) is 4.79 Å². The van der Waals surface area contributed by atoms with Gasteiger partial charge in [0.1, 0.15) is 5.69 Å². The fourth-order valence-corrected chi connectivity index (χ4v) is 3.87. The van der Waals surface area contributed by atoms with E-state index in [2.05, 4.69) is 15.0 Å². The highest BCUT2D eigenvalue weighted by atomic mass is 16.2. The van der Waals surface area contributed by atoms with Crippen molar-refractivity contribution in [1.29, 1.82) is 0 Å². The molecule has 1 amide bonds. The highest BCUT2D eigenvalue weighted by Crippen LogP contribution is 2.25. The molecule has 4 rings (SSSR count). The molecular formula is C18H23N5O. The van der Waals surface area contributed by atoms with Crippen LogP contribution in [0.3, 0.4) is 0 Å². The molecule has 0 N–H and O–H groups in total. The zero-order valence-corrected chi connectivity index (χ0v) is 14.1. The third kappa shape index (κ3) is 2.82. The van der Waals surface area contributed by atoms with Crippen molar-refractivity contribution in [3.8, 4) is 11.3 Å². The maximum Gasteiger partial charge on any atom is 0.257 e. The van der Waals surface area contributed by atoms with E-state index in [1.165, 1.54) is 25.8 Å². The van der Waals surface area contributed by atoms with E-state index < -0.39 is 0 Å². The van der Waals surface area contributed by atoms with Crippen LogP contribution in [0.2, 0.25) is 0 Å². The van der Waals surface area contributed by atoms with Gasteiger partial charge < -0.3 is 4.90 Å². The lowest BCUT2D eigenvalue weighted by atomic mass is 9.99. The number of carbonyl (C=O) groups is 1. The molecule has 4 heterocycles. The number of piperidine rings is 1. The molecule has 1 atom stereocenters. The minimum Gasteiger partial charge on any atom is -0.336 e. The molecule has 0 saturated carbocycles. The predicted molar refractivity (Wildman–Crippen MR) is 91.6 cm³/mol. The quantitative estimate of drug-likeness (QED) is 0.845. The summed E-state index contributed by atoms with van der Waals surface area (Å²) in [5.74, 6) is 0.0900. The number of carbonyl (C=O) groups excluding carboxylic acids is 1. The molecule has 2 saturated heterocycles. The van der Waals surface area contributed by atoms with Gasteiger partial charge >= 0.3 is 0 Å². The second-order valence-corrected chi connectivity index (χ2v) is 6.74. The van der Waals surface area contributed by atoms with Crippen LogP contribution in [0.25, 0.3) is 11.3 Å². The largest absolute Gasteiger partial charge is 0.336 e. The van der Waals surface area contributed by atoms with Gasteiger partial charge in [-0.2, -0.15) is 5.10 Å². The van der Waals surface area contributed by atoms with Crippen molar-refractivity contribution < 1.29 is 4.79 Å². The Morgan fingerprint density at radius 1 is 1.25 bits per heavy atom. The van der Waals surface area contributed by atoms with Gasteiger partial charge in [-0.15, -0.1) is 0 Å². The number of amides is 1. The van der Waals surface area contributed by atoms with E-state index in [4.69, 9.17) is 0 Å². The average molecular weight is 325 g/mol. The summed E-state index contributed by atoms with van der Waals surface area (Å²) in [5.41, 5.74) is 2.29. The highest BCUT2D eigenvalue weighted by Gasteiger charge is 2.32.